The Labute approximate surface area is 156 Å². The molecule has 1 aliphatic rings. The zero-order valence-corrected chi connectivity index (χ0v) is 15.0. The van der Waals surface area contributed by atoms with Gasteiger partial charge in [0.2, 0.25) is 11.0 Å². The molecule has 1 saturated heterocycles. The standard InChI is InChI=1S/C17H13FN4O2S2/c18-11-3-5-12(6-4-11)22-9-10(8-14(22)23)16-20-21-17(26-16)19-15(24)13-2-1-7-25-13/h1-7,10H,8-9H2,(H,19,21,24)/t10-/m0/s1. The third kappa shape index (κ3) is 3.35. The van der Waals surface area contributed by atoms with Crippen molar-refractivity contribution in [3.63, 3.8) is 0 Å². The molecule has 9 heteroatoms. The molecule has 1 N–H and O–H groups in total. The van der Waals surface area contributed by atoms with E-state index < -0.39 is 0 Å². The van der Waals surface area contributed by atoms with Crippen molar-refractivity contribution < 1.29 is 14.0 Å². The van der Waals surface area contributed by atoms with Crippen molar-refractivity contribution in [2.75, 3.05) is 16.8 Å². The Hall–Kier alpha value is -2.65. The molecule has 1 atom stereocenters. The fourth-order valence-corrected chi connectivity index (χ4v) is 4.21. The van der Waals surface area contributed by atoms with E-state index in [1.165, 1.54) is 34.8 Å². The highest BCUT2D eigenvalue weighted by Crippen LogP contribution is 2.34. The van der Waals surface area contributed by atoms with Gasteiger partial charge in [-0.1, -0.05) is 17.4 Å². The molecule has 26 heavy (non-hydrogen) atoms. The molecule has 4 rings (SSSR count). The molecule has 0 aliphatic carbocycles. The Bertz CT molecular complexity index is 940. The first-order valence-corrected chi connectivity index (χ1v) is 9.54. The van der Waals surface area contributed by atoms with Crippen LogP contribution in [0, 0.1) is 5.82 Å². The Morgan fingerprint density at radius 1 is 1.23 bits per heavy atom. The molecule has 1 aliphatic heterocycles. The third-order valence-electron chi connectivity index (χ3n) is 4.02. The molecule has 3 heterocycles. The lowest BCUT2D eigenvalue weighted by atomic mass is 10.1. The highest BCUT2D eigenvalue weighted by molar-refractivity contribution is 7.15. The maximum Gasteiger partial charge on any atom is 0.267 e. The third-order valence-corrected chi connectivity index (χ3v) is 5.89. The second kappa shape index (κ2) is 6.93. The summed E-state index contributed by atoms with van der Waals surface area (Å²) in [4.78, 5) is 26.6. The van der Waals surface area contributed by atoms with Crippen LogP contribution < -0.4 is 10.2 Å². The minimum atomic E-state index is -0.341. The van der Waals surface area contributed by atoms with Gasteiger partial charge < -0.3 is 4.90 Å². The van der Waals surface area contributed by atoms with Crippen LogP contribution >= 0.6 is 22.7 Å². The number of carbonyl (C=O) groups is 2. The quantitative estimate of drug-likeness (QED) is 0.742. The number of halogens is 1. The number of anilines is 2. The number of rotatable bonds is 4. The zero-order valence-electron chi connectivity index (χ0n) is 13.4. The van der Waals surface area contributed by atoms with E-state index in [0.717, 1.165) is 0 Å². The molecule has 2 amide bonds. The van der Waals surface area contributed by atoms with E-state index in [-0.39, 0.29) is 23.5 Å². The molecule has 0 radical (unpaired) electrons. The maximum absolute atomic E-state index is 13.1. The molecule has 2 aromatic heterocycles. The van der Waals surface area contributed by atoms with E-state index in [9.17, 15) is 14.0 Å². The molecular formula is C17H13FN4O2S2. The van der Waals surface area contributed by atoms with Gasteiger partial charge >= 0.3 is 0 Å². The van der Waals surface area contributed by atoms with Gasteiger partial charge in [-0.25, -0.2) is 4.39 Å². The van der Waals surface area contributed by atoms with E-state index in [1.54, 1.807) is 29.2 Å². The summed E-state index contributed by atoms with van der Waals surface area (Å²) in [6.45, 7) is 0.456. The van der Waals surface area contributed by atoms with Crippen molar-refractivity contribution in [2.24, 2.45) is 0 Å². The van der Waals surface area contributed by atoms with Crippen molar-refractivity contribution in [1.29, 1.82) is 0 Å². The number of hydrogen-bond acceptors (Lipinski definition) is 6. The number of benzene rings is 1. The summed E-state index contributed by atoms with van der Waals surface area (Å²) in [5.74, 6) is -0.705. The van der Waals surface area contributed by atoms with Gasteiger partial charge in [0.05, 0.1) is 4.88 Å². The summed E-state index contributed by atoms with van der Waals surface area (Å²) in [5.41, 5.74) is 0.662. The van der Waals surface area contributed by atoms with Gasteiger partial charge in [0.25, 0.3) is 5.91 Å². The highest BCUT2D eigenvalue weighted by Gasteiger charge is 2.34. The summed E-state index contributed by atoms with van der Waals surface area (Å²) < 4.78 is 13.1. The monoisotopic (exact) mass is 388 g/mol. The summed E-state index contributed by atoms with van der Waals surface area (Å²) in [5, 5.41) is 13.8. The second-order valence-corrected chi connectivity index (χ2v) is 7.72. The maximum atomic E-state index is 13.1. The predicted octanol–water partition coefficient (Wildman–Crippen LogP) is 3.51. The van der Waals surface area contributed by atoms with Crippen LogP contribution in [0.2, 0.25) is 0 Å². The Morgan fingerprint density at radius 2 is 2.04 bits per heavy atom. The normalized spacial score (nSPS) is 16.9. The fourth-order valence-electron chi connectivity index (χ4n) is 2.76. The molecule has 3 aromatic rings. The topological polar surface area (TPSA) is 75.2 Å². The summed E-state index contributed by atoms with van der Waals surface area (Å²) >= 11 is 2.62. The largest absolute Gasteiger partial charge is 0.312 e. The number of nitrogens with one attached hydrogen (secondary N) is 1. The molecule has 1 aromatic carbocycles. The van der Waals surface area contributed by atoms with Crippen molar-refractivity contribution in [3.05, 3.63) is 57.5 Å². The average Bonchev–Trinajstić information content (AvgIpc) is 3.36. The van der Waals surface area contributed by atoms with Crippen molar-refractivity contribution in [1.82, 2.24) is 10.2 Å². The van der Waals surface area contributed by atoms with E-state index >= 15 is 0 Å². The first kappa shape index (κ1) is 16.8. The Kier molecular flexibility index (Phi) is 4.48. The minimum absolute atomic E-state index is 0.0408. The van der Waals surface area contributed by atoms with Crippen LogP contribution in [0.3, 0.4) is 0 Å². The van der Waals surface area contributed by atoms with Gasteiger partial charge in [0.15, 0.2) is 0 Å². The van der Waals surface area contributed by atoms with Crippen LogP contribution in [0.25, 0.3) is 0 Å². The number of amides is 2. The Balaban J connectivity index is 1.45. The van der Waals surface area contributed by atoms with Crippen LogP contribution in [-0.2, 0) is 4.79 Å². The second-order valence-electron chi connectivity index (χ2n) is 5.76. The molecule has 132 valence electrons. The van der Waals surface area contributed by atoms with Gasteiger partial charge in [-0.3, -0.25) is 14.9 Å². The van der Waals surface area contributed by atoms with Crippen LogP contribution in [0.1, 0.15) is 27.0 Å². The van der Waals surface area contributed by atoms with Gasteiger partial charge in [-0.2, -0.15) is 0 Å². The van der Waals surface area contributed by atoms with Crippen LogP contribution in [-0.4, -0.2) is 28.6 Å². The summed E-state index contributed by atoms with van der Waals surface area (Å²) in [6, 6.07) is 9.38. The number of nitrogens with zero attached hydrogens (tertiary/aromatic N) is 3. The van der Waals surface area contributed by atoms with E-state index in [4.69, 9.17) is 0 Å². The lowest BCUT2D eigenvalue weighted by Crippen LogP contribution is -2.24. The first-order chi connectivity index (χ1) is 12.6. The number of hydrogen-bond donors (Lipinski definition) is 1. The van der Waals surface area contributed by atoms with Crippen molar-refractivity contribution >= 4 is 45.3 Å². The van der Waals surface area contributed by atoms with Crippen LogP contribution in [0.5, 0.6) is 0 Å². The highest BCUT2D eigenvalue weighted by atomic mass is 32.1. The molecule has 0 saturated carbocycles. The molecular weight excluding hydrogens is 375 g/mol. The minimum Gasteiger partial charge on any atom is -0.312 e. The van der Waals surface area contributed by atoms with Gasteiger partial charge in [0.1, 0.15) is 10.8 Å². The van der Waals surface area contributed by atoms with E-state index in [1.807, 2.05) is 5.38 Å². The molecule has 0 bridgehead atoms. The smallest absolute Gasteiger partial charge is 0.267 e. The predicted molar refractivity (Wildman–Crippen MR) is 98.3 cm³/mol. The molecule has 0 spiro atoms. The number of aromatic nitrogens is 2. The van der Waals surface area contributed by atoms with E-state index in [0.29, 0.717) is 33.7 Å². The van der Waals surface area contributed by atoms with Gasteiger partial charge in [-0.05, 0) is 35.7 Å². The van der Waals surface area contributed by atoms with Crippen molar-refractivity contribution in [2.45, 2.75) is 12.3 Å². The first-order valence-electron chi connectivity index (χ1n) is 7.84. The van der Waals surface area contributed by atoms with E-state index in [2.05, 4.69) is 15.5 Å². The fraction of sp³-hybridized carbons (Fsp3) is 0.176. The number of carbonyl (C=O) groups excluding carboxylic acids is 2. The summed E-state index contributed by atoms with van der Waals surface area (Å²) in [6.07, 6.45) is 0.310. The SMILES string of the molecule is O=C(Nc1nnc([C@H]2CC(=O)N(c3ccc(F)cc3)C2)s1)c1cccs1. The zero-order chi connectivity index (χ0) is 18.1. The molecule has 6 nitrogen and oxygen atoms in total. The van der Waals surface area contributed by atoms with Gasteiger partial charge in [0, 0.05) is 24.6 Å². The summed E-state index contributed by atoms with van der Waals surface area (Å²) in [7, 11) is 0. The van der Waals surface area contributed by atoms with Gasteiger partial charge in [-0.15, -0.1) is 21.5 Å². The van der Waals surface area contributed by atoms with Crippen molar-refractivity contribution in [3.8, 4) is 0 Å². The number of thiophene rings is 1. The van der Waals surface area contributed by atoms with Crippen LogP contribution in [0.15, 0.2) is 41.8 Å². The lowest BCUT2D eigenvalue weighted by molar-refractivity contribution is -0.117. The average molecular weight is 388 g/mol. The molecule has 1 fully saturated rings. The van der Waals surface area contributed by atoms with Crippen LogP contribution in [0.4, 0.5) is 15.2 Å². The lowest BCUT2D eigenvalue weighted by Gasteiger charge is -2.16. The molecule has 0 unspecified atom stereocenters. The Morgan fingerprint density at radius 3 is 2.77 bits per heavy atom.